The van der Waals surface area contributed by atoms with Crippen LogP contribution in [0.4, 0.5) is 0 Å². The molecule has 1 fully saturated rings. The maximum Gasteiger partial charge on any atom is 0.243 e. The van der Waals surface area contributed by atoms with Gasteiger partial charge in [-0.15, -0.1) is 0 Å². The fraction of sp³-hybridized carbons (Fsp3) is 0.750. The van der Waals surface area contributed by atoms with Crippen LogP contribution in [0.2, 0.25) is 0 Å². The summed E-state index contributed by atoms with van der Waals surface area (Å²) in [6.45, 7) is 1.06. The predicted octanol–water partition coefficient (Wildman–Crippen LogP) is 1.36. The molecule has 0 aliphatic carbocycles. The van der Waals surface area contributed by atoms with E-state index in [0.717, 1.165) is 30.4 Å². The molecule has 2 heterocycles. The van der Waals surface area contributed by atoms with Gasteiger partial charge in [0, 0.05) is 0 Å². The first-order chi connectivity index (χ1) is 6.40. The van der Waals surface area contributed by atoms with Gasteiger partial charge in [0.2, 0.25) is 5.89 Å². The molecule has 0 unspecified atom stereocenters. The average Bonchev–Trinajstić information content (AvgIpc) is 2.70. The summed E-state index contributed by atoms with van der Waals surface area (Å²) >= 11 is 1.71. The summed E-state index contributed by atoms with van der Waals surface area (Å²) in [5.41, 5.74) is 0. The molecule has 72 valence electrons. The number of nitrogens with one attached hydrogen (secondary N) is 1. The van der Waals surface area contributed by atoms with Gasteiger partial charge in [0.05, 0.1) is 11.8 Å². The van der Waals surface area contributed by atoms with Crippen LogP contribution in [0.3, 0.4) is 0 Å². The summed E-state index contributed by atoms with van der Waals surface area (Å²) in [6.07, 6.45) is 4.34. The standard InChI is InChI=1S/C8H13N3OS/c1-13-5-7-10-8(12-11-7)6-3-2-4-9-6/h6,9H,2-5H2,1H3/t6-/m1/s1. The highest BCUT2D eigenvalue weighted by Gasteiger charge is 2.21. The first-order valence-electron chi connectivity index (χ1n) is 4.45. The smallest absolute Gasteiger partial charge is 0.243 e. The molecule has 1 aromatic rings. The van der Waals surface area contributed by atoms with Gasteiger partial charge in [-0.1, -0.05) is 5.16 Å². The number of rotatable bonds is 3. The van der Waals surface area contributed by atoms with E-state index in [1.165, 1.54) is 6.42 Å². The summed E-state index contributed by atoms with van der Waals surface area (Å²) in [6, 6.07) is 0.295. The van der Waals surface area contributed by atoms with E-state index in [-0.39, 0.29) is 0 Å². The second-order valence-electron chi connectivity index (χ2n) is 3.13. The lowest BCUT2D eigenvalue weighted by Crippen LogP contribution is -2.13. The fourth-order valence-electron chi connectivity index (χ4n) is 1.49. The van der Waals surface area contributed by atoms with Gasteiger partial charge in [0.1, 0.15) is 0 Å². The molecule has 1 aromatic heterocycles. The number of hydrogen-bond donors (Lipinski definition) is 1. The summed E-state index contributed by atoms with van der Waals surface area (Å²) in [5, 5.41) is 7.23. The molecule has 1 saturated heterocycles. The van der Waals surface area contributed by atoms with Crippen LogP contribution >= 0.6 is 11.8 Å². The molecule has 4 nitrogen and oxygen atoms in total. The highest BCUT2D eigenvalue weighted by molar-refractivity contribution is 7.97. The third-order valence-corrected chi connectivity index (χ3v) is 2.66. The van der Waals surface area contributed by atoms with Gasteiger partial charge in [-0.2, -0.15) is 16.7 Å². The highest BCUT2D eigenvalue weighted by Crippen LogP contribution is 2.21. The third-order valence-electron chi connectivity index (χ3n) is 2.12. The third kappa shape index (κ3) is 2.03. The molecule has 0 amide bonds. The van der Waals surface area contributed by atoms with Crippen LogP contribution in [0.15, 0.2) is 4.52 Å². The van der Waals surface area contributed by atoms with Crippen LogP contribution in [0.1, 0.15) is 30.6 Å². The molecule has 1 aliphatic heterocycles. The molecule has 1 atom stereocenters. The Morgan fingerprint density at radius 2 is 2.62 bits per heavy atom. The summed E-state index contributed by atoms with van der Waals surface area (Å²) < 4.78 is 5.16. The predicted molar refractivity (Wildman–Crippen MR) is 51.5 cm³/mol. The number of hydrogen-bond acceptors (Lipinski definition) is 5. The Kier molecular flexibility index (Phi) is 2.85. The zero-order chi connectivity index (χ0) is 9.10. The Labute approximate surface area is 81.5 Å². The van der Waals surface area contributed by atoms with E-state index >= 15 is 0 Å². The number of nitrogens with zero attached hydrogens (tertiary/aromatic N) is 2. The molecule has 5 heteroatoms. The molecule has 1 aliphatic rings. The van der Waals surface area contributed by atoms with Gasteiger partial charge in [0.25, 0.3) is 0 Å². The van der Waals surface area contributed by atoms with Crippen LogP contribution in [0.5, 0.6) is 0 Å². The Morgan fingerprint density at radius 3 is 3.31 bits per heavy atom. The van der Waals surface area contributed by atoms with E-state index in [1.54, 1.807) is 11.8 Å². The minimum Gasteiger partial charge on any atom is -0.338 e. The van der Waals surface area contributed by atoms with Crippen LogP contribution < -0.4 is 5.32 Å². The lowest BCUT2D eigenvalue weighted by Gasteiger charge is -2.01. The molecule has 0 saturated carbocycles. The first kappa shape index (κ1) is 9.02. The Hall–Kier alpha value is -0.550. The lowest BCUT2D eigenvalue weighted by molar-refractivity contribution is 0.342. The first-order valence-corrected chi connectivity index (χ1v) is 5.84. The van der Waals surface area contributed by atoms with Crippen molar-refractivity contribution < 1.29 is 4.52 Å². The molecule has 2 rings (SSSR count). The molecule has 0 bridgehead atoms. The summed E-state index contributed by atoms with van der Waals surface area (Å²) in [4.78, 5) is 4.32. The molecule has 0 aromatic carbocycles. The molecular weight excluding hydrogens is 186 g/mol. The zero-order valence-electron chi connectivity index (χ0n) is 7.62. The fourth-order valence-corrected chi connectivity index (χ4v) is 1.87. The topological polar surface area (TPSA) is 51.0 Å². The quantitative estimate of drug-likeness (QED) is 0.796. The zero-order valence-corrected chi connectivity index (χ0v) is 8.43. The minimum atomic E-state index is 0.295. The Bertz CT molecular complexity index is 270. The molecule has 0 spiro atoms. The van der Waals surface area contributed by atoms with Gasteiger partial charge in [-0.25, -0.2) is 0 Å². The van der Waals surface area contributed by atoms with E-state index in [1.807, 2.05) is 6.26 Å². The second-order valence-corrected chi connectivity index (χ2v) is 4.00. The Morgan fingerprint density at radius 1 is 1.69 bits per heavy atom. The van der Waals surface area contributed by atoms with Crippen molar-refractivity contribution in [1.29, 1.82) is 0 Å². The van der Waals surface area contributed by atoms with E-state index in [9.17, 15) is 0 Å². The van der Waals surface area contributed by atoms with Crippen molar-refractivity contribution in [2.24, 2.45) is 0 Å². The Balaban J connectivity index is 2.03. The van der Waals surface area contributed by atoms with Gasteiger partial charge >= 0.3 is 0 Å². The van der Waals surface area contributed by atoms with Gasteiger partial charge in [0.15, 0.2) is 5.82 Å². The van der Waals surface area contributed by atoms with Crippen molar-refractivity contribution in [2.45, 2.75) is 24.6 Å². The van der Waals surface area contributed by atoms with Crippen molar-refractivity contribution in [3.8, 4) is 0 Å². The number of thioether (sulfide) groups is 1. The highest BCUT2D eigenvalue weighted by atomic mass is 32.2. The van der Waals surface area contributed by atoms with Gasteiger partial charge in [-0.05, 0) is 25.6 Å². The van der Waals surface area contributed by atoms with Gasteiger partial charge < -0.3 is 9.84 Å². The van der Waals surface area contributed by atoms with Crippen molar-refractivity contribution in [3.05, 3.63) is 11.7 Å². The largest absolute Gasteiger partial charge is 0.338 e. The average molecular weight is 199 g/mol. The van der Waals surface area contributed by atoms with E-state index in [0.29, 0.717) is 6.04 Å². The van der Waals surface area contributed by atoms with Crippen LogP contribution in [-0.4, -0.2) is 22.9 Å². The number of aromatic nitrogens is 2. The summed E-state index contributed by atoms with van der Waals surface area (Å²) in [7, 11) is 0. The monoisotopic (exact) mass is 199 g/mol. The van der Waals surface area contributed by atoms with Crippen LogP contribution in [0, 0.1) is 0 Å². The molecule has 0 radical (unpaired) electrons. The van der Waals surface area contributed by atoms with Crippen LogP contribution in [0.25, 0.3) is 0 Å². The van der Waals surface area contributed by atoms with E-state index in [2.05, 4.69) is 15.5 Å². The maximum atomic E-state index is 5.16. The maximum absolute atomic E-state index is 5.16. The summed E-state index contributed by atoms with van der Waals surface area (Å²) in [5.74, 6) is 2.38. The lowest BCUT2D eigenvalue weighted by atomic mass is 10.2. The second kappa shape index (κ2) is 4.11. The SMILES string of the molecule is CSCc1noc([C@H]2CCCN2)n1. The van der Waals surface area contributed by atoms with Crippen molar-refractivity contribution in [3.63, 3.8) is 0 Å². The van der Waals surface area contributed by atoms with Crippen LogP contribution in [-0.2, 0) is 5.75 Å². The van der Waals surface area contributed by atoms with E-state index < -0.39 is 0 Å². The normalized spacial score (nSPS) is 22.4. The minimum absolute atomic E-state index is 0.295. The van der Waals surface area contributed by atoms with Crippen molar-refractivity contribution >= 4 is 11.8 Å². The van der Waals surface area contributed by atoms with Gasteiger partial charge in [-0.3, -0.25) is 0 Å². The van der Waals surface area contributed by atoms with E-state index in [4.69, 9.17) is 4.52 Å². The molecule has 1 N–H and O–H groups in total. The molecular formula is C8H13N3OS. The molecule has 13 heavy (non-hydrogen) atoms. The van der Waals surface area contributed by atoms with Crippen molar-refractivity contribution in [1.82, 2.24) is 15.5 Å². The van der Waals surface area contributed by atoms with Crippen molar-refractivity contribution in [2.75, 3.05) is 12.8 Å².